The molecule has 0 bridgehead atoms. The van der Waals surface area contributed by atoms with Crippen LogP contribution in [0, 0.1) is 5.82 Å². The maximum atomic E-state index is 13.3. The monoisotopic (exact) mass is 259 g/mol. The molecule has 1 atom stereocenters. The number of hydrogen-bond donors (Lipinski definition) is 1. The molecule has 0 aromatic heterocycles. The number of nitrogens with one attached hydrogen (secondary N) is 1. The lowest BCUT2D eigenvalue weighted by atomic mass is 10.3. The third-order valence-electron chi connectivity index (χ3n) is 2.20. The third kappa shape index (κ3) is 2.25. The molecule has 14 heavy (non-hydrogen) atoms. The fourth-order valence-corrected chi connectivity index (χ4v) is 1.82. The lowest BCUT2D eigenvalue weighted by Crippen LogP contribution is -2.20. The molecule has 2 rings (SSSR count). The zero-order valence-electron chi connectivity index (χ0n) is 7.59. The van der Waals surface area contributed by atoms with Crippen LogP contribution in [0.25, 0.3) is 0 Å². The Morgan fingerprint density at radius 1 is 1.50 bits per heavy atom. The Morgan fingerprint density at radius 2 is 2.36 bits per heavy atom. The summed E-state index contributed by atoms with van der Waals surface area (Å²) >= 11 is 3.28. The minimum atomic E-state index is -0.305. The average molecular weight is 260 g/mol. The fourth-order valence-electron chi connectivity index (χ4n) is 1.48. The molecule has 1 saturated heterocycles. The summed E-state index contributed by atoms with van der Waals surface area (Å²) in [4.78, 5) is 0. The van der Waals surface area contributed by atoms with Gasteiger partial charge in [-0.2, -0.15) is 0 Å². The van der Waals surface area contributed by atoms with E-state index in [0.717, 1.165) is 24.0 Å². The van der Waals surface area contributed by atoms with Gasteiger partial charge < -0.3 is 10.1 Å². The highest BCUT2D eigenvalue weighted by atomic mass is 79.9. The summed E-state index contributed by atoms with van der Waals surface area (Å²) in [5, 5.41) is 3.17. The van der Waals surface area contributed by atoms with E-state index >= 15 is 0 Å². The van der Waals surface area contributed by atoms with Crippen LogP contribution < -0.4 is 10.1 Å². The van der Waals surface area contributed by atoms with Crippen LogP contribution in [0.15, 0.2) is 22.7 Å². The van der Waals surface area contributed by atoms with Gasteiger partial charge in [-0.1, -0.05) is 15.9 Å². The molecule has 1 N–H and O–H groups in total. The van der Waals surface area contributed by atoms with Crippen LogP contribution in [0.3, 0.4) is 0 Å². The van der Waals surface area contributed by atoms with E-state index in [1.54, 1.807) is 12.1 Å². The van der Waals surface area contributed by atoms with Gasteiger partial charge >= 0.3 is 0 Å². The van der Waals surface area contributed by atoms with Gasteiger partial charge in [0.15, 0.2) is 11.6 Å². The topological polar surface area (TPSA) is 21.3 Å². The normalized spacial score (nSPS) is 21.1. The molecule has 0 spiro atoms. The summed E-state index contributed by atoms with van der Waals surface area (Å²) in [6.45, 7) is 1.74. The highest BCUT2D eigenvalue weighted by molar-refractivity contribution is 9.10. The molecule has 76 valence electrons. The van der Waals surface area contributed by atoms with E-state index in [9.17, 15) is 4.39 Å². The van der Waals surface area contributed by atoms with E-state index in [0.29, 0.717) is 5.75 Å². The highest BCUT2D eigenvalue weighted by Crippen LogP contribution is 2.24. The lowest BCUT2D eigenvalue weighted by molar-refractivity contribution is 0.213. The van der Waals surface area contributed by atoms with Crippen LogP contribution in [-0.4, -0.2) is 19.2 Å². The SMILES string of the molecule is Fc1ccc(Br)cc1O[C@H]1CCNC1. The quantitative estimate of drug-likeness (QED) is 0.881. The summed E-state index contributed by atoms with van der Waals surface area (Å²) in [6.07, 6.45) is 1.03. The fraction of sp³-hybridized carbons (Fsp3) is 0.400. The molecule has 1 aliphatic rings. The molecule has 0 saturated carbocycles. The van der Waals surface area contributed by atoms with Crippen molar-refractivity contribution in [2.45, 2.75) is 12.5 Å². The van der Waals surface area contributed by atoms with Crippen LogP contribution in [0.2, 0.25) is 0 Å². The zero-order valence-corrected chi connectivity index (χ0v) is 9.18. The van der Waals surface area contributed by atoms with Crippen molar-refractivity contribution >= 4 is 15.9 Å². The molecule has 0 aliphatic carbocycles. The first-order chi connectivity index (χ1) is 6.75. The molecule has 0 unspecified atom stereocenters. The predicted molar refractivity (Wildman–Crippen MR) is 56.0 cm³/mol. The lowest BCUT2D eigenvalue weighted by Gasteiger charge is -2.13. The second-order valence-electron chi connectivity index (χ2n) is 3.31. The van der Waals surface area contributed by atoms with Crippen LogP contribution >= 0.6 is 15.9 Å². The highest BCUT2D eigenvalue weighted by Gasteiger charge is 2.17. The van der Waals surface area contributed by atoms with Crippen molar-refractivity contribution in [3.05, 3.63) is 28.5 Å². The average Bonchev–Trinajstić information content (AvgIpc) is 2.64. The van der Waals surface area contributed by atoms with Crippen molar-refractivity contribution in [1.29, 1.82) is 0 Å². The van der Waals surface area contributed by atoms with Gasteiger partial charge in [-0.15, -0.1) is 0 Å². The van der Waals surface area contributed by atoms with Gasteiger partial charge in [0.05, 0.1) is 0 Å². The van der Waals surface area contributed by atoms with Crippen molar-refractivity contribution in [2.75, 3.05) is 13.1 Å². The first-order valence-corrected chi connectivity index (χ1v) is 5.37. The molecule has 1 fully saturated rings. The molecule has 1 aliphatic heterocycles. The first-order valence-electron chi connectivity index (χ1n) is 4.58. The second-order valence-corrected chi connectivity index (χ2v) is 4.22. The third-order valence-corrected chi connectivity index (χ3v) is 2.70. The van der Waals surface area contributed by atoms with Gasteiger partial charge in [-0.3, -0.25) is 0 Å². The number of rotatable bonds is 2. The summed E-state index contributed by atoms with van der Waals surface area (Å²) in [7, 11) is 0. The van der Waals surface area contributed by atoms with Crippen molar-refractivity contribution in [3.63, 3.8) is 0 Å². The van der Waals surface area contributed by atoms with E-state index < -0.39 is 0 Å². The smallest absolute Gasteiger partial charge is 0.165 e. The van der Waals surface area contributed by atoms with Crippen molar-refractivity contribution in [3.8, 4) is 5.75 Å². The Bertz CT molecular complexity index is 326. The van der Waals surface area contributed by atoms with Crippen LogP contribution in [0.4, 0.5) is 4.39 Å². The first kappa shape index (κ1) is 9.93. The van der Waals surface area contributed by atoms with Crippen LogP contribution in [-0.2, 0) is 0 Å². The Kier molecular flexibility index (Phi) is 3.03. The minimum absolute atomic E-state index is 0.0961. The van der Waals surface area contributed by atoms with Crippen LogP contribution in [0.5, 0.6) is 5.75 Å². The number of ether oxygens (including phenoxy) is 1. The molecule has 0 radical (unpaired) electrons. The standard InChI is InChI=1S/C10H11BrFNO/c11-7-1-2-9(12)10(5-7)14-8-3-4-13-6-8/h1-2,5,8,13H,3-4,6H2/t8-/m0/s1. The van der Waals surface area contributed by atoms with Gasteiger partial charge in [0, 0.05) is 11.0 Å². The molecular weight excluding hydrogens is 249 g/mol. The largest absolute Gasteiger partial charge is 0.486 e. The van der Waals surface area contributed by atoms with Gasteiger partial charge in [-0.25, -0.2) is 4.39 Å². The van der Waals surface area contributed by atoms with E-state index in [1.165, 1.54) is 6.07 Å². The summed E-state index contributed by atoms with van der Waals surface area (Å²) in [5.41, 5.74) is 0. The minimum Gasteiger partial charge on any atom is -0.486 e. The van der Waals surface area contributed by atoms with Crippen molar-refractivity contribution in [1.82, 2.24) is 5.32 Å². The van der Waals surface area contributed by atoms with E-state index in [4.69, 9.17) is 4.74 Å². The summed E-state index contributed by atoms with van der Waals surface area (Å²) < 4.78 is 19.6. The van der Waals surface area contributed by atoms with E-state index in [2.05, 4.69) is 21.2 Å². The van der Waals surface area contributed by atoms with Gasteiger partial charge in [-0.05, 0) is 31.2 Å². The molecule has 0 amide bonds. The Labute approximate surface area is 90.6 Å². The number of hydrogen-bond acceptors (Lipinski definition) is 2. The van der Waals surface area contributed by atoms with E-state index in [-0.39, 0.29) is 11.9 Å². The van der Waals surface area contributed by atoms with Crippen molar-refractivity contribution < 1.29 is 9.13 Å². The number of halogens is 2. The Balaban J connectivity index is 2.10. The maximum Gasteiger partial charge on any atom is 0.165 e. The molecule has 4 heteroatoms. The van der Waals surface area contributed by atoms with E-state index in [1.807, 2.05) is 0 Å². The summed E-state index contributed by atoms with van der Waals surface area (Å²) in [6, 6.07) is 4.73. The Hall–Kier alpha value is -0.610. The molecule has 2 nitrogen and oxygen atoms in total. The molecule has 1 heterocycles. The summed E-state index contributed by atoms with van der Waals surface area (Å²) in [5.74, 6) is 0.0215. The van der Waals surface area contributed by atoms with Gasteiger partial charge in [0.25, 0.3) is 0 Å². The predicted octanol–water partition coefficient (Wildman–Crippen LogP) is 2.33. The molecular formula is C10H11BrFNO. The zero-order chi connectivity index (χ0) is 9.97. The van der Waals surface area contributed by atoms with Crippen LogP contribution in [0.1, 0.15) is 6.42 Å². The molecule has 1 aromatic carbocycles. The maximum absolute atomic E-state index is 13.3. The van der Waals surface area contributed by atoms with Gasteiger partial charge in [0.1, 0.15) is 6.10 Å². The molecule has 1 aromatic rings. The number of benzene rings is 1. The Morgan fingerprint density at radius 3 is 3.07 bits per heavy atom. The van der Waals surface area contributed by atoms with Crippen molar-refractivity contribution in [2.24, 2.45) is 0 Å². The second kappa shape index (κ2) is 4.28. The van der Waals surface area contributed by atoms with Gasteiger partial charge in [0.2, 0.25) is 0 Å².